The number of likely N-dealkylation sites (tertiary alicyclic amines) is 1. The molecule has 3 aromatic rings. The Morgan fingerprint density at radius 1 is 0.980 bits per heavy atom. The molecule has 0 radical (unpaired) electrons. The third-order valence-corrected chi connectivity index (χ3v) is 9.88. The van der Waals surface area contributed by atoms with Gasteiger partial charge in [0.05, 0.1) is 25.4 Å². The van der Waals surface area contributed by atoms with Crippen LogP contribution in [0.4, 0.5) is 13.2 Å². The molecule has 0 amide bonds. The second-order valence-electron chi connectivity index (χ2n) is 13.5. The molecule has 1 N–H and O–H groups in total. The van der Waals surface area contributed by atoms with Gasteiger partial charge in [-0.15, -0.1) is 0 Å². The number of morpholine rings is 1. The van der Waals surface area contributed by atoms with Crippen LogP contribution in [0, 0.1) is 13.8 Å². The maximum Gasteiger partial charge on any atom is 0.416 e. The number of hydrogen-bond acceptors (Lipinski definition) is 5. The summed E-state index contributed by atoms with van der Waals surface area (Å²) in [6.45, 7) is 13.7. The van der Waals surface area contributed by atoms with Crippen LogP contribution >= 0.6 is 0 Å². The van der Waals surface area contributed by atoms with Crippen molar-refractivity contribution in [2.75, 3.05) is 46.0 Å². The Kier molecular flexibility index (Phi) is 12.2. The lowest BCUT2D eigenvalue weighted by Crippen LogP contribution is -2.44. The first-order valence-corrected chi connectivity index (χ1v) is 17.5. The van der Waals surface area contributed by atoms with Gasteiger partial charge in [-0.1, -0.05) is 68.8 Å². The van der Waals surface area contributed by atoms with Crippen LogP contribution in [0.2, 0.25) is 0 Å². The second-order valence-corrected chi connectivity index (χ2v) is 13.5. The zero-order chi connectivity index (χ0) is 35.1. The molecular formula is C40H49F3N2O4. The number of alkyl halides is 3. The van der Waals surface area contributed by atoms with E-state index in [-0.39, 0.29) is 18.0 Å². The second kappa shape index (κ2) is 16.4. The van der Waals surface area contributed by atoms with Crippen molar-refractivity contribution in [3.05, 3.63) is 87.5 Å². The van der Waals surface area contributed by atoms with E-state index in [2.05, 4.69) is 11.0 Å². The van der Waals surface area contributed by atoms with Crippen molar-refractivity contribution in [2.45, 2.75) is 78.1 Å². The van der Waals surface area contributed by atoms with Crippen molar-refractivity contribution in [1.29, 1.82) is 0 Å². The van der Waals surface area contributed by atoms with E-state index in [1.807, 2.05) is 62.9 Å². The summed E-state index contributed by atoms with van der Waals surface area (Å²) in [5.74, 6) is -0.137. The summed E-state index contributed by atoms with van der Waals surface area (Å²) in [5, 5.41) is 9.76. The van der Waals surface area contributed by atoms with E-state index in [1.165, 1.54) is 6.07 Å². The third kappa shape index (κ3) is 9.12. The van der Waals surface area contributed by atoms with Gasteiger partial charge in [0.2, 0.25) is 0 Å². The van der Waals surface area contributed by atoms with Crippen LogP contribution in [0.5, 0.6) is 5.75 Å². The number of carbonyl (C=O) groups is 1. The fourth-order valence-electron chi connectivity index (χ4n) is 7.08. The van der Waals surface area contributed by atoms with Gasteiger partial charge in [0.1, 0.15) is 11.8 Å². The predicted octanol–water partition coefficient (Wildman–Crippen LogP) is 8.82. The van der Waals surface area contributed by atoms with E-state index in [4.69, 9.17) is 9.47 Å². The van der Waals surface area contributed by atoms with Crippen molar-refractivity contribution in [1.82, 2.24) is 9.80 Å². The number of aliphatic carboxylic acids is 1. The normalized spacial score (nSPS) is 18.0. The van der Waals surface area contributed by atoms with Gasteiger partial charge >= 0.3 is 12.1 Å². The lowest BCUT2D eigenvalue weighted by molar-refractivity contribution is -0.145. The average Bonchev–Trinajstić information content (AvgIpc) is 3.07. The minimum absolute atomic E-state index is 0.0422. The van der Waals surface area contributed by atoms with Gasteiger partial charge in [0.25, 0.3) is 0 Å². The highest BCUT2D eigenvalue weighted by atomic mass is 19.4. The predicted molar refractivity (Wildman–Crippen MR) is 189 cm³/mol. The Labute approximate surface area is 288 Å². The maximum absolute atomic E-state index is 14.6. The summed E-state index contributed by atoms with van der Waals surface area (Å²) in [6.07, 6.45) is 1.81. The Hall–Kier alpha value is -3.66. The molecule has 2 heterocycles. The monoisotopic (exact) mass is 678 g/mol. The highest BCUT2D eigenvalue weighted by Gasteiger charge is 2.35. The first-order valence-electron chi connectivity index (χ1n) is 17.5. The fourth-order valence-corrected chi connectivity index (χ4v) is 7.08. The van der Waals surface area contributed by atoms with Crippen LogP contribution in [0.25, 0.3) is 23.3 Å². The molecule has 0 bridgehead atoms. The van der Waals surface area contributed by atoms with Gasteiger partial charge in [0, 0.05) is 26.2 Å². The average molecular weight is 679 g/mol. The van der Waals surface area contributed by atoms with Gasteiger partial charge in [-0.05, 0) is 102 Å². The number of halogens is 3. The van der Waals surface area contributed by atoms with Crippen LogP contribution in [-0.4, -0.2) is 72.9 Å². The van der Waals surface area contributed by atoms with E-state index in [9.17, 15) is 23.1 Å². The summed E-state index contributed by atoms with van der Waals surface area (Å²) in [4.78, 5) is 16.1. The Balaban J connectivity index is 1.40. The molecule has 9 heteroatoms. The zero-order valence-corrected chi connectivity index (χ0v) is 29.1. The van der Waals surface area contributed by atoms with Crippen LogP contribution < -0.4 is 4.74 Å². The van der Waals surface area contributed by atoms with E-state index >= 15 is 0 Å². The molecule has 2 fully saturated rings. The quantitative estimate of drug-likeness (QED) is 0.153. The van der Waals surface area contributed by atoms with Crippen molar-refractivity contribution >= 4 is 18.1 Å². The molecular weight excluding hydrogens is 629 g/mol. The number of hydrogen-bond donors (Lipinski definition) is 1. The molecule has 5 rings (SSSR count). The van der Waals surface area contributed by atoms with Gasteiger partial charge in [-0.25, -0.2) is 0 Å². The minimum Gasteiger partial charge on any atom is -0.493 e. The first kappa shape index (κ1) is 36.6. The smallest absolute Gasteiger partial charge is 0.416 e. The van der Waals surface area contributed by atoms with Crippen molar-refractivity contribution in [3.8, 4) is 16.9 Å². The highest BCUT2D eigenvalue weighted by molar-refractivity contribution is 5.80. The molecule has 264 valence electrons. The fraction of sp³-hybridized carbons (Fsp3) is 0.475. The molecule has 1 atom stereocenters. The maximum atomic E-state index is 14.6. The Morgan fingerprint density at radius 3 is 2.37 bits per heavy atom. The van der Waals surface area contributed by atoms with Gasteiger partial charge in [0.15, 0.2) is 0 Å². The number of piperidine rings is 1. The summed E-state index contributed by atoms with van der Waals surface area (Å²) in [6, 6.07) is 14.1. The van der Waals surface area contributed by atoms with E-state index < -0.39 is 23.8 Å². The third-order valence-electron chi connectivity index (χ3n) is 9.88. The Morgan fingerprint density at radius 2 is 1.67 bits per heavy atom. The van der Waals surface area contributed by atoms with Gasteiger partial charge < -0.3 is 14.6 Å². The number of carboxylic acids is 1. The molecule has 0 aromatic heterocycles. The number of carboxylic acid groups (broad SMARTS) is 1. The van der Waals surface area contributed by atoms with E-state index in [0.29, 0.717) is 25.1 Å². The molecule has 2 aliphatic rings. The summed E-state index contributed by atoms with van der Waals surface area (Å²) in [7, 11) is 0. The first-order chi connectivity index (χ1) is 23.4. The van der Waals surface area contributed by atoms with Crippen LogP contribution in [0.15, 0.2) is 48.5 Å². The summed E-state index contributed by atoms with van der Waals surface area (Å²) >= 11 is 0. The molecule has 49 heavy (non-hydrogen) atoms. The molecule has 0 unspecified atom stereocenters. The lowest BCUT2D eigenvalue weighted by atomic mass is 9.89. The van der Waals surface area contributed by atoms with Crippen LogP contribution in [0.1, 0.15) is 84.4 Å². The lowest BCUT2D eigenvalue weighted by Gasteiger charge is -2.34. The Bertz CT molecular complexity index is 1630. The summed E-state index contributed by atoms with van der Waals surface area (Å²) < 4.78 is 55.3. The molecule has 0 saturated carbocycles. The van der Waals surface area contributed by atoms with Crippen LogP contribution in [-0.2, 0) is 22.3 Å². The molecule has 3 aromatic carbocycles. The van der Waals surface area contributed by atoms with Gasteiger partial charge in [-0.3, -0.25) is 14.6 Å². The highest BCUT2D eigenvalue weighted by Crippen LogP contribution is 2.38. The minimum atomic E-state index is -4.57. The van der Waals surface area contributed by atoms with E-state index in [1.54, 1.807) is 18.2 Å². The molecule has 2 saturated heterocycles. The van der Waals surface area contributed by atoms with Crippen molar-refractivity contribution in [3.63, 3.8) is 0 Å². The van der Waals surface area contributed by atoms with Gasteiger partial charge in [-0.2, -0.15) is 13.2 Å². The molecule has 2 aliphatic heterocycles. The molecule has 6 nitrogen and oxygen atoms in total. The standard InChI is InChI=1S/C40H49F3N2O4/c1-27(2)35-24-31(36(40(41,42)43)25-32(35)26-45-18-6-5-13-37(45)39(46)47)16-15-30-10-7-11-33(28(30)3)34-12-8-14-38(29(34)4)49-21-9-17-44-19-22-48-23-20-44/h7-8,10-12,14-16,24-25,27,37H,5-6,9,13,17-23,26H2,1-4H3,(H,46,47)/b16-15+/t37-/m0/s1. The summed E-state index contributed by atoms with van der Waals surface area (Å²) in [5.41, 5.74) is 5.56. The molecule has 0 spiro atoms. The SMILES string of the molecule is Cc1c(/C=C/c2cc(C(C)C)c(CN3CCCC[C@H]3C(=O)O)cc2C(F)(F)F)cccc1-c1cccc(OCCCN2CCOCC2)c1C. The number of ether oxygens (including phenoxy) is 2. The number of rotatable bonds is 12. The molecule has 0 aliphatic carbocycles. The number of nitrogens with zero attached hydrogens (tertiary/aromatic N) is 2. The number of benzene rings is 3. The zero-order valence-electron chi connectivity index (χ0n) is 29.1. The van der Waals surface area contributed by atoms with Crippen molar-refractivity contribution < 1.29 is 32.5 Å². The van der Waals surface area contributed by atoms with Crippen molar-refractivity contribution in [2.24, 2.45) is 0 Å². The largest absolute Gasteiger partial charge is 0.493 e. The van der Waals surface area contributed by atoms with E-state index in [0.717, 1.165) is 91.2 Å². The topological polar surface area (TPSA) is 62.2 Å². The van der Waals surface area contributed by atoms with Crippen LogP contribution in [0.3, 0.4) is 0 Å².